The number of nitrogens with zero attached hydrogens (tertiary/aromatic N) is 1. The van der Waals surface area contributed by atoms with Crippen LogP contribution in [0.15, 0.2) is 71.6 Å². The summed E-state index contributed by atoms with van der Waals surface area (Å²) in [6, 6.07) is 19.9. The molecule has 9 heteroatoms. The third-order valence-electron chi connectivity index (χ3n) is 7.46. The van der Waals surface area contributed by atoms with E-state index in [-0.39, 0.29) is 17.6 Å². The first-order valence-corrected chi connectivity index (χ1v) is 15.0. The number of rotatable bonds is 8. The number of amides is 2. The zero-order valence-electron chi connectivity index (χ0n) is 21.8. The van der Waals surface area contributed by atoms with Crippen LogP contribution in [0.25, 0.3) is 0 Å². The van der Waals surface area contributed by atoms with Crippen LogP contribution < -0.4 is 10.6 Å². The maximum Gasteiger partial charge on any atom is 0.307 e. The van der Waals surface area contributed by atoms with Gasteiger partial charge in [-0.25, -0.2) is 0 Å². The minimum Gasteiger partial charge on any atom is -0.481 e. The topological polar surface area (TPSA) is 119 Å². The first-order chi connectivity index (χ1) is 19.4. The number of allylic oxidation sites excluding steroid dienone is 2. The number of anilines is 2. The van der Waals surface area contributed by atoms with E-state index < -0.39 is 17.8 Å². The SMILES string of the molecule is N#Cc1c(NC(=O)CSc2cccc(NC(=O)C3CC=CCC3C(=O)O)c2)sc2c1CCC(c1ccccc1)C2. The predicted octanol–water partition coefficient (Wildman–Crippen LogP) is 6.23. The van der Waals surface area contributed by atoms with Crippen LogP contribution in [0.4, 0.5) is 10.7 Å². The van der Waals surface area contributed by atoms with E-state index in [1.54, 1.807) is 24.3 Å². The lowest BCUT2D eigenvalue weighted by atomic mass is 9.82. The first kappa shape index (κ1) is 27.7. The molecule has 2 amide bonds. The predicted molar refractivity (Wildman–Crippen MR) is 158 cm³/mol. The molecule has 0 fully saturated rings. The highest BCUT2D eigenvalue weighted by atomic mass is 32.2. The van der Waals surface area contributed by atoms with Crippen molar-refractivity contribution in [3.8, 4) is 6.07 Å². The number of carbonyl (C=O) groups excluding carboxylic acids is 2. The fraction of sp³-hybridized carbons (Fsp3) is 0.290. The van der Waals surface area contributed by atoms with Gasteiger partial charge in [0, 0.05) is 15.5 Å². The molecule has 0 aliphatic heterocycles. The van der Waals surface area contributed by atoms with Gasteiger partial charge in [-0.2, -0.15) is 5.26 Å². The number of aliphatic carboxylic acids is 1. The van der Waals surface area contributed by atoms with Crippen molar-refractivity contribution in [1.82, 2.24) is 0 Å². The highest BCUT2D eigenvalue weighted by Crippen LogP contribution is 2.42. The lowest BCUT2D eigenvalue weighted by molar-refractivity contribution is -0.146. The van der Waals surface area contributed by atoms with Crippen LogP contribution in [0, 0.1) is 23.2 Å². The molecule has 0 spiro atoms. The van der Waals surface area contributed by atoms with Gasteiger partial charge in [0.2, 0.25) is 11.8 Å². The van der Waals surface area contributed by atoms with Gasteiger partial charge in [-0.3, -0.25) is 14.4 Å². The Kier molecular flexibility index (Phi) is 8.68. The van der Waals surface area contributed by atoms with E-state index in [0.29, 0.717) is 35.0 Å². The summed E-state index contributed by atoms with van der Waals surface area (Å²) in [7, 11) is 0. The van der Waals surface area contributed by atoms with Crippen molar-refractivity contribution >= 4 is 51.6 Å². The fourth-order valence-corrected chi connectivity index (χ4v) is 7.44. The highest BCUT2D eigenvalue weighted by molar-refractivity contribution is 8.00. The van der Waals surface area contributed by atoms with Crippen molar-refractivity contribution in [1.29, 1.82) is 5.26 Å². The Hall–Kier alpha value is -3.87. The second kappa shape index (κ2) is 12.5. The molecule has 40 heavy (non-hydrogen) atoms. The summed E-state index contributed by atoms with van der Waals surface area (Å²) in [5, 5.41) is 25.7. The maximum atomic E-state index is 12.9. The number of carboxylic acids is 1. The van der Waals surface area contributed by atoms with Gasteiger partial charge in [-0.1, -0.05) is 48.6 Å². The Morgan fingerprint density at radius 1 is 1.02 bits per heavy atom. The van der Waals surface area contributed by atoms with Crippen molar-refractivity contribution in [2.75, 3.05) is 16.4 Å². The van der Waals surface area contributed by atoms with Crippen molar-refractivity contribution < 1.29 is 19.5 Å². The number of hydrogen-bond acceptors (Lipinski definition) is 6. The maximum absolute atomic E-state index is 12.9. The fourth-order valence-electron chi connectivity index (χ4n) is 5.39. The van der Waals surface area contributed by atoms with E-state index in [2.05, 4.69) is 41.0 Å². The molecule has 204 valence electrons. The molecule has 0 bridgehead atoms. The standard InChI is InChI=1S/C31H29N3O4S2/c32-17-26-23-14-13-20(19-7-2-1-3-8-19)15-27(23)40-30(26)34-28(35)18-39-22-10-6-9-21(16-22)33-29(36)24-11-4-5-12-25(24)31(37)38/h1-10,16,20,24-25H,11-15,18H2,(H,33,36)(H,34,35)(H,37,38). The van der Waals surface area contributed by atoms with E-state index in [1.165, 1.54) is 33.5 Å². The molecule has 2 aliphatic carbocycles. The van der Waals surface area contributed by atoms with Crippen LogP contribution in [0.5, 0.6) is 0 Å². The number of thioether (sulfide) groups is 1. The molecule has 0 radical (unpaired) electrons. The molecule has 2 aliphatic rings. The van der Waals surface area contributed by atoms with Crippen LogP contribution in [-0.2, 0) is 27.2 Å². The number of nitrogens with one attached hydrogen (secondary N) is 2. The molecule has 2 aromatic carbocycles. The summed E-state index contributed by atoms with van der Waals surface area (Å²) in [5.41, 5.74) is 3.49. The first-order valence-electron chi connectivity index (χ1n) is 13.2. The number of hydrogen-bond donors (Lipinski definition) is 3. The average molecular weight is 572 g/mol. The zero-order chi connectivity index (χ0) is 28.1. The number of nitriles is 1. The van der Waals surface area contributed by atoms with Gasteiger partial charge < -0.3 is 15.7 Å². The molecule has 0 saturated carbocycles. The zero-order valence-corrected chi connectivity index (χ0v) is 23.4. The lowest BCUT2D eigenvalue weighted by Crippen LogP contribution is -2.34. The lowest BCUT2D eigenvalue weighted by Gasteiger charge is -2.24. The third kappa shape index (κ3) is 6.30. The number of carboxylic acid groups (broad SMARTS) is 1. The quantitative estimate of drug-likeness (QED) is 0.218. The van der Waals surface area contributed by atoms with Crippen LogP contribution in [0.3, 0.4) is 0 Å². The summed E-state index contributed by atoms with van der Waals surface area (Å²) in [6.07, 6.45) is 7.05. The summed E-state index contributed by atoms with van der Waals surface area (Å²) in [5.74, 6) is -2.30. The minimum atomic E-state index is -0.970. The van der Waals surface area contributed by atoms with Crippen molar-refractivity contribution in [3.63, 3.8) is 0 Å². The summed E-state index contributed by atoms with van der Waals surface area (Å²) in [6.45, 7) is 0. The molecule has 3 unspecified atom stereocenters. The Balaban J connectivity index is 1.19. The molecule has 7 nitrogen and oxygen atoms in total. The van der Waals surface area contributed by atoms with E-state index in [4.69, 9.17) is 0 Å². The molecule has 1 aromatic heterocycles. The van der Waals surface area contributed by atoms with E-state index in [0.717, 1.165) is 29.7 Å². The molecule has 5 rings (SSSR count). The molecule has 3 atom stereocenters. The molecule has 0 saturated heterocycles. The van der Waals surface area contributed by atoms with Gasteiger partial charge in [-0.05, 0) is 67.3 Å². The largest absolute Gasteiger partial charge is 0.481 e. The monoisotopic (exact) mass is 571 g/mol. The van der Waals surface area contributed by atoms with Crippen molar-refractivity contribution in [2.45, 2.75) is 42.9 Å². The van der Waals surface area contributed by atoms with Gasteiger partial charge >= 0.3 is 5.97 Å². The summed E-state index contributed by atoms with van der Waals surface area (Å²) >= 11 is 2.83. The molecular formula is C31H29N3O4S2. The van der Waals surface area contributed by atoms with Gasteiger partial charge in [-0.15, -0.1) is 23.1 Å². The van der Waals surface area contributed by atoms with Crippen molar-refractivity contribution in [3.05, 3.63) is 88.3 Å². The molecular weight excluding hydrogens is 542 g/mol. The second-order valence-electron chi connectivity index (χ2n) is 10.0. The van der Waals surface area contributed by atoms with Crippen LogP contribution in [0.1, 0.15) is 46.7 Å². The molecule has 3 aromatic rings. The second-order valence-corrected chi connectivity index (χ2v) is 12.2. The Morgan fingerprint density at radius 3 is 2.55 bits per heavy atom. The Labute approximate surface area is 241 Å². The van der Waals surface area contributed by atoms with E-state index >= 15 is 0 Å². The van der Waals surface area contributed by atoms with Gasteiger partial charge in [0.1, 0.15) is 11.1 Å². The van der Waals surface area contributed by atoms with Gasteiger partial charge in [0.15, 0.2) is 0 Å². The van der Waals surface area contributed by atoms with Crippen molar-refractivity contribution in [2.24, 2.45) is 11.8 Å². The average Bonchev–Trinajstić information content (AvgIpc) is 3.32. The Morgan fingerprint density at radius 2 is 1.80 bits per heavy atom. The summed E-state index contributed by atoms with van der Waals surface area (Å²) in [4.78, 5) is 39.2. The number of carbonyl (C=O) groups is 3. The Bertz CT molecular complexity index is 1490. The number of fused-ring (bicyclic) bond motifs is 1. The van der Waals surface area contributed by atoms with E-state index in [9.17, 15) is 24.8 Å². The van der Waals surface area contributed by atoms with Gasteiger partial charge in [0.05, 0.1) is 23.2 Å². The number of thiophene rings is 1. The normalized spacial score (nSPS) is 19.7. The highest BCUT2D eigenvalue weighted by Gasteiger charge is 2.34. The smallest absolute Gasteiger partial charge is 0.307 e. The van der Waals surface area contributed by atoms with E-state index in [1.807, 2.05) is 18.2 Å². The molecule has 1 heterocycles. The van der Waals surface area contributed by atoms with Gasteiger partial charge in [0.25, 0.3) is 0 Å². The minimum absolute atomic E-state index is 0.145. The van der Waals surface area contributed by atoms with Crippen LogP contribution in [-0.4, -0.2) is 28.6 Å². The van der Waals surface area contributed by atoms with Crippen LogP contribution >= 0.6 is 23.1 Å². The summed E-state index contributed by atoms with van der Waals surface area (Å²) < 4.78 is 0. The van der Waals surface area contributed by atoms with Crippen LogP contribution in [0.2, 0.25) is 0 Å². The third-order valence-corrected chi connectivity index (χ3v) is 9.62. The molecule has 3 N–H and O–H groups in total. The number of benzene rings is 2.